The van der Waals surface area contributed by atoms with Crippen molar-refractivity contribution >= 4 is 0 Å². The van der Waals surface area contributed by atoms with E-state index < -0.39 is 0 Å². The summed E-state index contributed by atoms with van der Waals surface area (Å²) in [6.07, 6.45) is 3.80. The van der Waals surface area contributed by atoms with Crippen molar-refractivity contribution in [2.24, 2.45) is 11.3 Å². The van der Waals surface area contributed by atoms with E-state index in [1.54, 1.807) is 0 Å². The molecule has 0 radical (unpaired) electrons. The van der Waals surface area contributed by atoms with Crippen LogP contribution in [0.2, 0.25) is 0 Å². The monoisotopic (exact) mass is 218 g/mol. The summed E-state index contributed by atoms with van der Waals surface area (Å²) in [6, 6.07) is 8.92. The zero-order chi connectivity index (χ0) is 12.2. The molecule has 1 aromatic rings. The molecule has 1 unspecified atom stereocenters. The van der Waals surface area contributed by atoms with E-state index in [0.717, 1.165) is 5.92 Å². The first-order chi connectivity index (χ1) is 7.43. The van der Waals surface area contributed by atoms with Crippen LogP contribution in [0.25, 0.3) is 0 Å². The van der Waals surface area contributed by atoms with Crippen LogP contribution in [0, 0.1) is 18.3 Å². The number of benzene rings is 1. The third-order valence-electron chi connectivity index (χ3n) is 3.36. The van der Waals surface area contributed by atoms with Crippen LogP contribution in [0.1, 0.15) is 51.7 Å². The normalized spacial score (nSPS) is 13.8. The van der Waals surface area contributed by atoms with Gasteiger partial charge < -0.3 is 0 Å². The van der Waals surface area contributed by atoms with Crippen molar-refractivity contribution in [1.29, 1.82) is 0 Å². The average Bonchev–Trinajstić information content (AvgIpc) is 2.15. The van der Waals surface area contributed by atoms with E-state index in [9.17, 15) is 0 Å². The molecule has 0 bridgehead atoms. The molecule has 0 heterocycles. The van der Waals surface area contributed by atoms with Crippen LogP contribution in [0.15, 0.2) is 24.3 Å². The van der Waals surface area contributed by atoms with Crippen molar-refractivity contribution in [3.05, 3.63) is 35.4 Å². The molecule has 0 heteroatoms. The smallest absolute Gasteiger partial charge is 0.0227 e. The maximum Gasteiger partial charge on any atom is -0.0227 e. The summed E-state index contributed by atoms with van der Waals surface area (Å²) < 4.78 is 0. The van der Waals surface area contributed by atoms with Crippen LogP contribution >= 0.6 is 0 Å². The molecule has 0 fully saturated rings. The number of hydrogen-bond donors (Lipinski definition) is 0. The highest BCUT2D eigenvalue weighted by Crippen LogP contribution is 2.30. The molecule has 0 amide bonds. The predicted octanol–water partition coefficient (Wildman–Crippen LogP) is 5.00. The Morgan fingerprint density at radius 1 is 1.25 bits per heavy atom. The predicted molar refractivity (Wildman–Crippen MR) is 72.7 cm³/mol. The van der Waals surface area contributed by atoms with E-state index in [2.05, 4.69) is 58.9 Å². The van der Waals surface area contributed by atoms with Crippen molar-refractivity contribution in [2.75, 3.05) is 0 Å². The van der Waals surface area contributed by atoms with E-state index in [1.165, 1.54) is 30.4 Å². The van der Waals surface area contributed by atoms with Crippen molar-refractivity contribution in [1.82, 2.24) is 0 Å². The topological polar surface area (TPSA) is 0 Å². The molecule has 0 aliphatic heterocycles. The second-order valence-electron chi connectivity index (χ2n) is 6.05. The molecular weight excluding hydrogens is 192 g/mol. The molecule has 0 nitrogen and oxygen atoms in total. The first kappa shape index (κ1) is 13.3. The van der Waals surface area contributed by atoms with Gasteiger partial charge in [0.1, 0.15) is 0 Å². The minimum Gasteiger partial charge on any atom is -0.0651 e. The lowest BCUT2D eigenvalue weighted by molar-refractivity contribution is 0.271. The second kappa shape index (κ2) is 5.52. The summed E-state index contributed by atoms with van der Waals surface area (Å²) in [5.74, 6) is 0.833. The van der Waals surface area contributed by atoms with Gasteiger partial charge in [-0.05, 0) is 36.7 Å². The van der Waals surface area contributed by atoms with Gasteiger partial charge in [-0.2, -0.15) is 0 Å². The summed E-state index contributed by atoms with van der Waals surface area (Å²) in [6.45, 7) is 11.6. The van der Waals surface area contributed by atoms with Gasteiger partial charge in [0.25, 0.3) is 0 Å². The Balaban J connectivity index is 2.65. The maximum atomic E-state index is 2.39. The molecule has 90 valence electrons. The van der Waals surface area contributed by atoms with Crippen LogP contribution < -0.4 is 0 Å². The SMILES string of the molecule is CCC(C)CC(C)(C)Cc1cccc(C)c1. The Morgan fingerprint density at radius 3 is 2.50 bits per heavy atom. The fourth-order valence-electron chi connectivity index (χ4n) is 2.53. The molecule has 1 rings (SSSR count). The first-order valence-electron chi connectivity index (χ1n) is 6.48. The summed E-state index contributed by atoms with van der Waals surface area (Å²) >= 11 is 0. The van der Waals surface area contributed by atoms with Crippen molar-refractivity contribution in [3.63, 3.8) is 0 Å². The second-order valence-corrected chi connectivity index (χ2v) is 6.05. The van der Waals surface area contributed by atoms with Crippen molar-refractivity contribution in [3.8, 4) is 0 Å². The zero-order valence-electron chi connectivity index (χ0n) is 11.5. The molecule has 0 N–H and O–H groups in total. The summed E-state index contributed by atoms with van der Waals surface area (Å²) in [4.78, 5) is 0. The Hall–Kier alpha value is -0.780. The Bertz CT molecular complexity index is 323. The average molecular weight is 218 g/mol. The molecule has 0 saturated carbocycles. The van der Waals surface area contributed by atoms with E-state index >= 15 is 0 Å². The van der Waals surface area contributed by atoms with Gasteiger partial charge in [-0.1, -0.05) is 63.9 Å². The molecule has 16 heavy (non-hydrogen) atoms. The number of rotatable bonds is 5. The molecule has 1 aromatic carbocycles. The fraction of sp³-hybridized carbons (Fsp3) is 0.625. The minimum atomic E-state index is 0.420. The van der Waals surface area contributed by atoms with E-state index in [0.29, 0.717) is 5.41 Å². The molecular formula is C16H26. The third kappa shape index (κ3) is 4.38. The van der Waals surface area contributed by atoms with Crippen LogP contribution in [0.5, 0.6) is 0 Å². The van der Waals surface area contributed by atoms with Gasteiger partial charge >= 0.3 is 0 Å². The van der Waals surface area contributed by atoms with E-state index in [1.807, 2.05) is 0 Å². The van der Waals surface area contributed by atoms with E-state index in [4.69, 9.17) is 0 Å². The number of aryl methyl sites for hydroxylation is 1. The minimum absolute atomic E-state index is 0.420. The highest BCUT2D eigenvalue weighted by Gasteiger charge is 2.20. The van der Waals surface area contributed by atoms with Crippen LogP contribution in [-0.2, 0) is 6.42 Å². The lowest BCUT2D eigenvalue weighted by Gasteiger charge is -2.28. The van der Waals surface area contributed by atoms with Crippen molar-refractivity contribution < 1.29 is 0 Å². The lowest BCUT2D eigenvalue weighted by atomic mass is 9.78. The van der Waals surface area contributed by atoms with Gasteiger partial charge in [-0.15, -0.1) is 0 Å². The van der Waals surface area contributed by atoms with Gasteiger partial charge in [0.15, 0.2) is 0 Å². The molecule has 0 spiro atoms. The lowest BCUT2D eigenvalue weighted by Crippen LogP contribution is -2.18. The van der Waals surface area contributed by atoms with Gasteiger partial charge in [0.2, 0.25) is 0 Å². The van der Waals surface area contributed by atoms with Crippen LogP contribution in [0.3, 0.4) is 0 Å². The van der Waals surface area contributed by atoms with Gasteiger partial charge in [0.05, 0.1) is 0 Å². The van der Waals surface area contributed by atoms with Gasteiger partial charge in [-0.25, -0.2) is 0 Å². The van der Waals surface area contributed by atoms with Crippen molar-refractivity contribution in [2.45, 2.75) is 53.9 Å². The molecule has 0 aromatic heterocycles. The molecule has 0 aliphatic carbocycles. The van der Waals surface area contributed by atoms with Gasteiger partial charge in [-0.3, -0.25) is 0 Å². The Labute approximate surface area is 101 Å². The summed E-state index contributed by atoms with van der Waals surface area (Å²) in [7, 11) is 0. The molecule has 1 atom stereocenters. The van der Waals surface area contributed by atoms with Gasteiger partial charge in [0, 0.05) is 0 Å². The Kier molecular flexibility index (Phi) is 4.58. The zero-order valence-corrected chi connectivity index (χ0v) is 11.5. The molecule has 0 saturated heterocycles. The summed E-state index contributed by atoms with van der Waals surface area (Å²) in [5, 5.41) is 0. The third-order valence-corrected chi connectivity index (χ3v) is 3.36. The standard InChI is InChI=1S/C16H26/c1-6-13(2)11-16(4,5)12-15-9-7-8-14(3)10-15/h7-10,13H,6,11-12H2,1-5H3. The molecule has 0 aliphatic rings. The quantitative estimate of drug-likeness (QED) is 0.652. The fourth-order valence-corrected chi connectivity index (χ4v) is 2.53. The largest absolute Gasteiger partial charge is 0.0651 e. The van der Waals surface area contributed by atoms with Crippen LogP contribution in [0.4, 0.5) is 0 Å². The maximum absolute atomic E-state index is 2.39. The Morgan fingerprint density at radius 2 is 1.94 bits per heavy atom. The number of hydrogen-bond acceptors (Lipinski definition) is 0. The van der Waals surface area contributed by atoms with E-state index in [-0.39, 0.29) is 0 Å². The highest BCUT2D eigenvalue weighted by molar-refractivity contribution is 5.23. The van der Waals surface area contributed by atoms with Crippen LogP contribution in [-0.4, -0.2) is 0 Å². The first-order valence-corrected chi connectivity index (χ1v) is 6.48. The summed E-state index contributed by atoms with van der Waals surface area (Å²) in [5.41, 5.74) is 3.27. The highest BCUT2D eigenvalue weighted by atomic mass is 14.3.